The molecule has 1 aromatic carbocycles. The van der Waals surface area contributed by atoms with Crippen molar-refractivity contribution in [2.24, 2.45) is 0 Å². The van der Waals surface area contributed by atoms with Crippen LogP contribution >= 0.6 is 0 Å². The molecule has 0 saturated carbocycles. The fourth-order valence-electron chi connectivity index (χ4n) is 6.55. The summed E-state index contributed by atoms with van der Waals surface area (Å²) in [6, 6.07) is 6.50. The number of anilines is 1. The van der Waals surface area contributed by atoms with Gasteiger partial charge in [-0.05, 0) is 49.3 Å². The van der Waals surface area contributed by atoms with Crippen LogP contribution in [0.3, 0.4) is 0 Å². The molecule has 2 aromatic heterocycles. The molecule has 0 saturated heterocycles. The molecular weight excluding hydrogens is 489 g/mol. The molecule has 3 aromatic rings. The van der Waals surface area contributed by atoms with Crippen molar-refractivity contribution >= 4 is 11.5 Å². The number of halogens is 3. The van der Waals surface area contributed by atoms with Gasteiger partial charge in [-0.25, -0.2) is 14.6 Å². The molecule has 1 N–H and O–H groups in total. The van der Waals surface area contributed by atoms with E-state index < -0.39 is 17.2 Å². The van der Waals surface area contributed by atoms with Crippen molar-refractivity contribution in [1.82, 2.24) is 25.1 Å². The lowest BCUT2D eigenvalue weighted by molar-refractivity contribution is -0.138. The standard InChI is InChI=1S/C29H27F3N6/c1-4-17-6-5-7-19-23-21-8-12-35-28(21,3)11-10-27(23,2)25-20-16-37(13-9-22(20)36-38(25)24(17)19)26-33-14-18(15-34-26)29(30,31)32/h5-8,10-12,14-15,35H,4,9,13,16H2,1-3H3. The van der Waals surface area contributed by atoms with E-state index in [2.05, 4.69) is 77.2 Å². The molecule has 38 heavy (non-hydrogen) atoms. The minimum atomic E-state index is -4.47. The number of allylic oxidation sites excluding steroid dienone is 2. The molecule has 0 bridgehead atoms. The molecule has 6 nitrogen and oxygen atoms in total. The minimum Gasteiger partial charge on any atom is -0.378 e. The largest absolute Gasteiger partial charge is 0.419 e. The zero-order valence-corrected chi connectivity index (χ0v) is 21.4. The number of rotatable bonds is 2. The average Bonchev–Trinajstić information content (AvgIpc) is 3.48. The third-order valence-corrected chi connectivity index (χ3v) is 8.49. The number of aromatic nitrogens is 4. The van der Waals surface area contributed by atoms with Crippen molar-refractivity contribution in [2.75, 3.05) is 11.4 Å². The topological polar surface area (TPSA) is 58.9 Å². The first-order valence-electron chi connectivity index (χ1n) is 12.9. The summed E-state index contributed by atoms with van der Waals surface area (Å²) >= 11 is 0. The van der Waals surface area contributed by atoms with Crippen LogP contribution in [0.2, 0.25) is 0 Å². The SMILES string of the molecule is CCc1cccc2c1-n1nc3c(c1C1(C)C=CC4(C)NC=CC4=C21)CN(c1ncc(C(F)(F)F)cn1)CC3. The van der Waals surface area contributed by atoms with Gasteiger partial charge in [-0.3, -0.25) is 0 Å². The number of hydrogen-bond donors (Lipinski definition) is 1. The van der Waals surface area contributed by atoms with Crippen LogP contribution in [-0.4, -0.2) is 31.8 Å². The third-order valence-electron chi connectivity index (χ3n) is 8.49. The smallest absolute Gasteiger partial charge is 0.378 e. The molecule has 4 aliphatic rings. The normalized spacial score (nSPS) is 24.9. The minimum absolute atomic E-state index is 0.281. The molecule has 0 amide bonds. The monoisotopic (exact) mass is 516 g/mol. The summed E-state index contributed by atoms with van der Waals surface area (Å²) in [5.74, 6) is 0.299. The fourth-order valence-corrected chi connectivity index (χ4v) is 6.55. The maximum atomic E-state index is 13.1. The van der Waals surface area contributed by atoms with Gasteiger partial charge in [-0.15, -0.1) is 0 Å². The van der Waals surface area contributed by atoms with Gasteiger partial charge in [0.15, 0.2) is 0 Å². The van der Waals surface area contributed by atoms with Crippen LogP contribution in [0, 0.1) is 0 Å². The van der Waals surface area contributed by atoms with Crippen LogP contribution in [0.15, 0.2) is 60.6 Å². The van der Waals surface area contributed by atoms with Crippen LogP contribution in [0.25, 0.3) is 11.3 Å². The summed E-state index contributed by atoms with van der Waals surface area (Å²) in [6.07, 6.45) is 7.53. The lowest BCUT2D eigenvalue weighted by atomic mass is 9.64. The first-order valence-corrected chi connectivity index (χ1v) is 12.9. The van der Waals surface area contributed by atoms with E-state index in [1.165, 1.54) is 22.3 Å². The van der Waals surface area contributed by atoms with Gasteiger partial charge in [0.25, 0.3) is 0 Å². The Morgan fingerprint density at radius 3 is 2.63 bits per heavy atom. The van der Waals surface area contributed by atoms with Gasteiger partial charge >= 0.3 is 6.18 Å². The highest BCUT2D eigenvalue weighted by Gasteiger charge is 2.49. The van der Waals surface area contributed by atoms with E-state index in [1.807, 2.05) is 11.1 Å². The number of benzene rings is 1. The van der Waals surface area contributed by atoms with Gasteiger partial charge in [-0.1, -0.05) is 37.3 Å². The van der Waals surface area contributed by atoms with Gasteiger partial charge in [0, 0.05) is 43.0 Å². The van der Waals surface area contributed by atoms with E-state index in [4.69, 9.17) is 5.10 Å². The Labute approximate surface area is 218 Å². The zero-order valence-electron chi connectivity index (χ0n) is 21.4. The van der Waals surface area contributed by atoms with Crippen LogP contribution in [-0.2, 0) is 31.0 Å². The van der Waals surface area contributed by atoms with Crippen molar-refractivity contribution in [3.05, 3.63) is 94.2 Å². The maximum Gasteiger partial charge on any atom is 0.419 e. The second-order valence-corrected chi connectivity index (χ2v) is 10.8. The molecule has 9 heteroatoms. The van der Waals surface area contributed by atoms with Crippen LogP contribution in [0.1, 0.15) is 54.4 Å². The molecule has 2 unspecified atom stereocenters. The molecule has 5 heterocycles. The van der Waals surface area contributed by atoms with Crippen LogP contribution in [0.5, 0.6) is 0 Å². The summed E-state index contributed by atoms with van der Waals surface area (Å²) in [5, 5.41) is 8.68. The number of nitrogens with zero attached hydrogens (tertiary/aromatic N) is 5. The molecule has 0 radical (unpaired) electrons. The van der Waals surface area contributed by atoms with Crippen molar-refractivity contribution in [2.45, 2.75) is 57.3 Å². The Morgan fingerprint density at radius 2 is 1.89 bits per heavy atom. The second kappa shape index (κ2) is 7.58. The Morgan fingerprint density at radius 1 is 1.11 bits per heavy atom. The van der Waals surface area contributed by atoms with E-state index in [9.17, 15) is 13.2 Å². The lowest BCUT2D eigenvalue weighted by Gasteiger charge is -2.44. The predicted octanol–water partition coefficient (Wildman–Crippen LogP) is 5.28. The number of hydrogen-bond acceptors (Lipinski definition) is 5. The average molecular weight is 517 g/mol. The van der Waals surface area contributed by atoms with Crippen molar-refractivity contribution in [3.8, 4) is 5.69 Å². The lowest BCUT2D eigenvalue weighted by Crippen LogP contribution is -2.43. The maximum absolute atomic E-state index is 13.1. The van der Waals surface area contributed by atoms with Gasteiger partial charge in [0.2, 0.25) is 5.95 Å². The molecule has 0 spiro atoms. The van der Waals surface area contributed by atoms with E-state index in [0.717, 1.165) is 41.5 Å². The van der Waals surface area contributed by atoms with Crippen molar-refractivity contribution < 1.29 is 13.2 Å². The van der Waals surface area contributed by atoms with E-state index in [-0.39, 0.29) is 5.54 Å². The second-order valence-electron chi connectivity index (χ2n) is 10.8. The highest BCUT2D eigenvalue weighted by Crippen LogP contribution is 2.55. The van der Waals surface area contributed by atoms with Gasteiger partial charge in [-0.2, -0.15) is 18.3 Å². The molecule has 3 aliphatic heterocycles. The van der Waals surface area contributed by atoms with Gasteiger partial charge in [0.05, 0.1) is 33.6 Å². The fraction of sp³-hybridized carbons (Fsp3) is 0.345. The van der Waals surface area contributed by atoms with E-state index in [0.29, 0.717) is 25.5 Å². The number of aryl methyl sites for hydroxylation is 1. The van der Waals surface area contributed by atoms with Crippen LogP contribution < -0.4 is 10.2 Å². The van der Waals surface area contributed by atoms with Crippen molar-refractivity contribution in [3.63, 3.8) is 0 Å². The zero-order chi connectivity index (χ0) is 26.4. The summed E-state index contributed by atoms with van der Waals surface area (Å²) in [5.41, 5.74) is 7.73. The first kappa shape index (κ1) is 23.3. The molecule has 2 atom stereocenters. The highest BCUT2D eigenvalue weighted by atomic mass is 19.4. The molecule has 0 fully saturated rings. The van der Waals surface area contributed by atoms with Crippen LogP contribution in [0.4, 0.5) is 19.1 Å². The first-order chi connectivity index (χ1) is 18.1. The number of para-hydroxylation sites is 1. The third kappa shape index (κ3) is 3.04. The summed E-state index contributed by atoms with van der Waals surface area (Å²) in [7, 11) is 0. The van der Waals surface area contributed by atoms with Crippen molar-refractivity contribution in [1.29, 1.82) is 0 Å². The molecular formula is C29H27F3N6. The highest BCUT2D eigenvalue weighted by molar-refractivity contribution is 5.91. The Kier molecular flexibility index (Phi) is 4.64. The Bertz CT molecular complexity index is 1580. The summed E-state index contributed by atoms with van der Waals surface area (Å²) < 4.78 is 41.4. The van der Waals surface area contributed by atoms with Gasteiger partial charge in [0.1, 0.15) is 0 Å². The molecule has 1 aliphatic carbocycles. The number of fused-ring (bicyclic) bond motifs is 9. The summed E-state index contributed by atoms with van der Waals surface area (Å²) in [4.78, 5) is 10.1. The number of nitrogens with one attached hydrogen (secondary N) is 1. The van der Waals surface area contributed by atoms with Gasteiger partial charge < -0.3 is 10.2 Å². The molecule has 194 valence electrons. The molecule has 7 rings (SSSR count). The van der Waals surface area contributed by atoms with E-state index >= 15 is 0 Å². The predicted molar refractivity (Wildman–Crippen MR) is 139 cm³/mol. The quantitative estimate of drug-likeness (QED) is 0.470. The Balaban J connectivity index is 1.42. The summed E-state index contributed by atoms with van der Waals surface area (Å²) in [6.45, 7) is 7.68. The Hall–Kier alpha value is -3.88. The number of alkyl halides is 3. The van der Waals surface area contributed by atoms with E-state index in [1.54, 1.807) is 0 Å².